The first-order valence-electron chi connectivity index (χ1n) is 8.99. The van der Waals surface area contributed by atoms with E-state index in [0.717, 1.165) is 0 Å². The Labute approximate surface area is 155 Å². The molecule has 1 N–H and O–H groups in total. The Kier molecular flexibility index (Phi) is 7.48. The van der Waals surface area contributed by atoms with E-state index in [1.807, 2.05) is 56.1 Å². The summed E-state index contributed by atoms with van der Waals surface area (Å²) in [6.07, 6.45) is 0. The predicted molar refractivity (Wildman–Crippen MR) is 105 cm³/mol. The van der Waals surface area contributed by atoms with Crippen molar-refractivity contribution in [1.82, 2.24) is 4.90 Å². The largest absolute Gasteiger partial charge is 0.490 e. The van der Waals surface area contributed by atoms with Crippen LogP contribution in [0, 0.1) is 0 Å². The molecule has 2 aromatic rings. The van der Waals surface area contributed by atoms with Crippen LogP contribution in [0.3, 0.4) is 0 Å². The van der Waals surface area contributed by atoms with Gasteiger partial charge >= 0.3 is 0 Å². The molecule has 0 aliphatic carbocycles. The molecule has 0 saturated carbocycles. The number of carbonyl (C=O) groups is 1. The van der Waals surface area contributed by atoms with Crippen LogP contribution in [0.5, 0.6) is 11.5 Å². The van der Waals surface area contributed by atoms with Gasteiger partial charge in [0.2, 0.25) is 5.91 Å². The van der Waals surface area contributed by atoms with Gasteiger partial charge in [-0.3, -0.25) is 9.69 Å². The molecule has 1 atom stereocenters. The van der Waals surface area contributed by atoms with E-state index >= 15 is 0 Å². The number of anilines is 1. The summed E-state index contributed by atoms with van der Waals surface area (Å²) in [7, 11) is 1.95. The summed E-state index contributed by atoms with van der Waals surface area (Å²) in [6, 6.07) is 15.7. The van der Waals surface area contributed by atoms with Crippen LogP contribution >= 0.6 is 0 Å². The molecule has 0 radical (unpaired) electrons. The van der Waals surface area contributed by atoms with Crippen LogP contribution in [0.4, 0.5) is 5.69 Å². The normalized spacial score (nSPS) is 11.9. The lowest BCUT2D eigenvalue weighted by Crippen LogP contribution is -2.32. The molecule has 1 amide bonds. The Morgan fingerprint density at radius 1 is 1.04 bits per heavy atom. The van der Waals surface area contributed by atoms with Gasteiger partial charge in [0.15, 0.2) is 11.5 Å². The van der Waals surface area contributed by atoms with Crippen LogP contribution in [-0.4, -0.2) is 37.6 Å². The summed E-state index contributed by atoms with van der Waals surface area (Å²) in [6.45, 7) is 7.33. The Bertz CT molecular complexity index is 704. The minimum absolute atomic E-state index is 0.0677. The summed E-state index contributed by atoms with van der Waals surface area (Å²) in [4.78, 5) is 14.4. The molecular weight excluding hydrogens is 328 g/mol. The van der Waals surface area contributed by atoms with Crippen LogP contribution < -0.4 is 14.8 Å². The van der Waals surface area contributed by atoms with Crippen molar-refractivity contribution in [2.45, 2.75) is 26.8 Å². The fraction of sp³-hybridized carbons (Fsp3) is 0.381. The van der Waals surface area contributed by atoms with Gasteiger partial charge in [0.05, 0.1) is 19.8 Å². The van der Waals surface area contributed by atoms with Crippen LogP contribution in [0.25, 0.3) is 0 Å². The first kappa shape index (κ1) is 19.8. The smallest absolute Gasteiger partial charge is 0.238 e. The Morgan fingerprint density at radius 3 is 2.35 bits per heavy atom. The average Bonchev–Trinajstić information content (AvgIpc) is 2.64. The Hall–Kier alpha value is -2.53. The second kappa shape index (κ2) is 9.82. The minimum atomic E-state index is -0.0677. The average molecular weight is 356 g/mol. The fourth-order valence-electron chi connectivity index (χ4n) is 2.68. The molecule has 0 spiro atoms. The summed E-state index contributed by atoms with van der Waals surface area (Å²) in [5, 5.41) is 2.93. The van der Waals surface area contributed by atoms with E-state index in [4.69, 9.17) is 9.47 Å². The van der Waals surface area contributed by atoms with Gasteiger partial charge < -0.3 is 14.8 Å². The molecular formula is C21H28N2O3. The summed E-state index contributed by atoms with van der Waals surface area (Å²) >= 11 is 0. The van der Waals surface area contributed by atoms with Gasteiger partial charge in [0, 0.05) is 17.8 Å². The number of benzene rings is 2. The summed E-state index contributed by atoms with van der Waals surface area (Å²) < 4.78 is 11.2. The number of likely N-dealkylation sites (N-methyl/N-ethyl adjacent to an activating group) is 1. The highest BCUT2D eigenvalue weighted by atomic mass is 16.5. The van der Waals surface area contributed by atoms with Crippen LogP contribution in [0.15, 0.2) is 48.5 Å². The van der Waals surface area contributed by atoms with Crippen molar-refractivity contribution in [3.8, 4) is 11.5 Å². The van der Waals surface area contributed by atoms with Crippen molar-refractivity contribution < 1.29 is 14.3 Å². The summed E-state index contributed by atoms with van der Waals surface area (Å²) in [5.74, 6) is 1.25. The molecule has 2 aromatic carbocycles. The molecule has 5 nitrogen and oxygen atoms in total. The third kappa shape index (κ3) is 5.49. The van der Waals surface area contributed by atoms with E-state index in [1.54, 1.807) is 6.07 Å². The number of rotatable bonds is 9. The highest BCUT2D eigenvalue weighted by molar-refractivity contribution is 5.92. The van der Waals surface area contributed by atoms with Gasteiger partial charge in [-0.2, -0.15) is 0 Å². The van der Waals surface area contributed by atoms with E-state index < -0.39 is 0 Å². The van der Waals surface area contributed by atoms with Crippen LogP contribution in [-0.2, 0) is 4.79 Å². The zero-order valence-corrected chi connectivity index (χ0v) is 16.0. The number of nitrogens with one attached hydrogen (secondary N) is 1. The lowest BCUT2D eigenvalue weighted by atomic mass is 10.1. The molecule has 0 aromatic heterocycles. The molecule has 0 aliphatic rings. The van der Waals surface area contributed by atoms with Gasteiger partial charge in [-0.25, -0.2) is 0 Å². The first-order valence-corrected chi connectivity index (χ1v) is 8.99. The number of ether oxygens (including phenoxy) is 2. The third-order valence-electron chi connectivity index (χ3n) is 4.16. The maximum atomic E-state index is 12.4. The van der Waals surface area contributed by atoms with E-state index in [0.29, 0.717) is 36.9 Å². The molecule has 1 unspecified atom stereocenters. The highest BCUT2D eigenvalue weighted by Crippen LogP contribution is 2.30. The van der Waals surface area contributed by atoms with Crippen molar-refractivity contribution in [3.05, 3.63) is 54.1 Å². The Balaban J connectivity index is 1.99. The summed E-state index contributed by atoms with van der Waals surface area (Å²) in [5.41, 5.74) is 1.88. The first-order chi connectivity index (χ1) is 12.5. The molecule has 0 aliphatic heterocycles. The lowest BCUT2D eigenvalue weighted by molar-refractivity contribution is -0.117. The van der Waals surface area contributed by atoms with Crippen molar-refractivity contribution >= 4 is 11.6 Å². The SMILES string of the molecule is CCOc1ccc(NC(=O)CN(C)C(C)c2ccccc2)cc1OCC. The quantitative estimate of drug-likeness (QED) is 0.734. The van der Waals surface area contributed by atoms with Crippen molar-refractivity contribution in [1.29, 1.82) is 0 Å². The maximum absolute atomic E-state index is 12.4. The second-order valence-corrected chi connectivity index (χ2v) is 6.08. The van der Waals surface area contributed by atoms with E-state index in [1.165, 1.54) is 5.56 Å². The van der Waals surface area contributed by atoms with Crippen LogP contribution in [0.2, 0.25) is 0 Å². The number of amides is 1. The molecule has 0 bridgehead atoms. The monoisotopic (exact) mass is 356 g/mol. The molecule has 0 saturated heterocycles. The lowest BCUT2D eigenvalue weighted by Gasteiger charge is -2.24. The molecule has 0 fully saturated rings. The van der Waals surface area contributed by atoms with Crippen molar-refractivity contribution in [3.63, 3.8) is 0 Å². The van der Waals surface area contributed by atoms with Crippen molar-refractivity contribution in [2.24, 2.45) is 0 Å². The van der Waals surface area contributed by atoms with Gasteiger partial charge in [-0.1, -0.05) is 30.3 Å². The number of hydrogen-bond acceptors (Lipinski definition) is 4. The maximum Gasteiger partial charge on any atom is 0.238 e. The molecule has 0 heterocycles. The van der Waals surface area contributed by atoms with Gasteiger partial charge in [-0.15, -0.1) is 0 Å². The zero-order chi connectivity index (χ0) is 18.9. The fourth-order valence-corrected chi connectivity index (χ4v) is 2.68. The second-order valence-electron chi connectivity index (χ2n) is 6.08. The number of hydrogen-bond donors (Lipinski definition) is 1. The van der Waals surface area contributed by atoms with E-state index in [2.05, 4.69) is 24.4 Å². The van der Waals surface area contributed by atoms with Crippen molar-refractivity contribution in [2.75, 3.05) is 32.1 Å². The van der Waals surface area contributed by atoms with Crippen LogP contribution in [0.1, 0.15) is 32.4 Å². The molecule has 26 heavy (non-hydrogen) atoms. The zero-order valence-electron chi connectivity index (χ0n) is 16.0. The number of nitrogens with zero attached hydrogens (tertiary/aromatic N) is 1. The van der Waals surface area contributed by atoms with Gasteiger partial charge in [0.1, 0.15) is 0 Å². The topological polar surface area (TPSA) is 50.8 Å². The molecule has 5 heteroatoms. The molecule has 2 rings (SSSR count). The van der Waals surface area contributed by atoms with Gasteiger partial charge in [-0.05, 0) is 45.5 Å². The third-order valence-corrected chi connectivity index (χ3v) is 4.16. The minimum Gasteiger partial charge on any atom is -0.490 e. The van der Waals surface area contributed by atoms with Gasteiger partial charge in [0.25, 0.3) is 0 Å². The standard InChI is InChI=1S/C21H28N2O3/c1-5-25-19-13-12-18(14-20(19)26-6-2)22-21(24)15-23(4)16(3)17-10-8-7-9-11-17/h7-14,16H,5-6,15H2,1-4H3,(H,22,24). The Morgan fingerprint density at radius 2 is 1.69 bits per heavy atom. The van der Waals surface area contributed by atoms with E-state index in [9.17, 15) is 4.79 Å². The number of carbonyl (C=O) groups excluding carboxylic acids is 1. The predicted octanol–water partition coefficient (Wildman–Crippen LogP) is 4.12. The molecule has 140 valence electrons. The van der Waals surface area contributed by atoms with E-state index in [-0.39, 0.29) is 11.9 Å². The highest BCUT2D eigenvalue weighted by Gasteiger charge is 2.15.